The summed E-state index contributed by atoms with van der Waals surface area (Å²) in [5.41, 5.74) is 1.31. The summed E-state index contributed by atoms with van der Waals surface area (Å²) in [6.45, 7) is -0.0177. The van der Waals surface area contributed by atoms with Crippen LogP contribution in [0.15, 0.2) is 12.3 Å². The SMILES string of the molecule is FC(F)COCCn1c(CCCl)nc2cc(Cl)cnc21. The van der Waals surface area contributed by atoms with Crippen LogP contribution in [-0.2, 0) is 17.7 Å². The van der Waals surface area contributed by atoms with Crippen molar-refractivity contribution in [1.29, 1.82) is 0 Å². The zero-order valence-corrected chi connectivity index (χ0v) is 12.0. The predicted octanol–water partition coefficient (Wildman–Crippen LogP) is 3.15. The smallest absolute Gasteiger partial charge is 0.261 e. The maximum absolute atomic E-state index is 12.0. The highest BCUT2D eigenvalue weighted by atomic mass is 35.5. The number of nitrogens with zero attached hydrogens (tertiary/aromatic N) is 3. The third-order valence-electron chi connectivity index (χ3n) is 2.65. The molecule has 8 heteroatoms. The van der Waals surface area contributed by atoms with E-state index in [0.29, 0.717) is 35.0 Å². The Morgan fingerprint density at radius 1 is 1.40 bits per heavy atom. The second kappa shape index (κ2) is 7.15. The highest BCUT2D eigenvalue weighted by Gasteiger charge is 2.12. The first kappa shape index (κ1) is 15.4. The highest BCUT2D eigenvalue weighted by Crippen LogP contribution is 2.18. The molecule has 0 saturated carbocycles. The number of hydrogen-bond acceptors (Lipinski definition) is 3. The molecule has 0 saturated heterocycles. The zero-order valence-electron chi connectivity index (χ0n) is 10.5. The molecule has 110 valence electrons. The molecule has 0 aromatic carbocycles. The van der Waals surface area contributed by atoms with Crippen LogP contribution in [0.5, 0.6) is 0 Å². The van der Waals surface area contributed by atoms with Crippen molar-refractivity contribution in [2.24, 2.45) is 0 Å². The fourth-order valence-corrected chi connectivity index (χ4v) is 2.19. The van der Waals surface area contributed by atoms with Gasteiger partial charge in [0.1, 0.15) is 17.9 Å². The third kappa shape index (κ3) is 3.77. The molecule has 2 aromatic rings. The lowest BCUT2D eigenvalue weighted by molar-refractivity contribution is 0.0148. The molecule has 0 aliphatic heterocycles. The largest absolute Gasteiger partial charge is 0.374 e. The van der Waals surface area contributed by atoms with E-state index in [1.807, 2.05) is 4.57 Å². The topological polar surface area (TPSA) is 39.9 Å². The van der Waals surface area contributed by atoms with Crippen LogP contribution in [0.1, 0.15) is 5.82 Å². The monoisotopic (exact) mass is 323 g/mol. The summed E-state index contributed by atoms with van der Waals surface area (Å²) >= 11 is 11.6. The number of rotatable bonds is 7. The van der Waals surface area contributed by atoms with E-state index in [4.69, 9.17) is 27.9 Å². The molecule has 2 aromatic heterocycles. The second-order valence-electron chi connectivity index (χ2n) is 4.08. The van der Waals surface area contributed by atoms with Crippen molar-refractivity contribution in [3.63, 3.8) is 0 Å². The van der Waals surface area contributed by atoms with Gasteiger partial charge in [0, 0.05) is 25.0 Å². The van der Waals surface area contributed by atoms with Gasteiger partial charge in [-0.05, 0) is 6.07 Å². The maximum atomic E-state index is 12.0. The van der Waals surface area contributed by atoms with Crippen molar-refractivity contribution in [2.75, 3.05) is 19.1 Å². The Hall–Kier alpha value is -0.980. The molecule has 0 fully saturated rings. The van der Waals surface area contributed by atoms with Gasteiger partial charge < -0.3 is 9.30 Å². The molecule has 0 unspecified atom stereocenters. The van der Waals surface area contributed by atoms with Crippen LogP contribution in [0, 0.1) is 0 Å². The first-order chi connectivity index (χ1) is 9.61. The average Bonchev–Trinajstić information content (AvgIpc) is 2.72. The summed E-state index contributed by atoms with van der Waals surface area (Å²) in [7, 11) is 0. The van der Waals surface area contributed by atoms with Crippen LogP contribution < -0.4 is 0 Å². The van der Waals surface area contributed by atoms with Gasteiger partial charge in [-0.25, -0.2) is 18.7 Å². The van der Waals surface area contributed by atoms with Gasteiger partial charge in [-0.2, -0.15) is 0 Å². The van der Waals surface area contributed by atoms with Crippen LogP contribution in [0.2, 0.25) is 5.02 Å². The van der Waals surface area contributed by atoms with Crippen molar-refractivity contribution < 1.29 is 13.5 Å². The molecule has 0 bridgehead atoms. The van der Waals surface area contributed by atoms with Gasteiger partial charge >= 0.3 is 0 Å². The fraction of sp³-hybridized carbons (Fsp3) is 0.500. The minimum atomic E-state index is -2.46. The standard InChI is InChI=1S/C12H13Cl2F2N3O/c13-2-1-11-18-9-5-8(14)6-17-12(9)19(11)3-4-20-7-10(15)16/h5-6,10H,1-4,7H2. The Bertz CT molecular complexity index is 577. The number of aryl methyl sites for hydroxylation is 1. The van der Waals surface area contributed by atoms with Crippen LogP contribution in [0.3, 0.4) is 0 Å². The molecule has 0 N–H and O–H groups in total. The molecule has 0 aliphatic carbocycles. The summed E-state index contributed by atoms with van der Waals surface area (Å²) in [4.78, 5) is 8.62. The second-order valence-corrected chi connectivity index (χ2v) is 4.90. The molecule has 20 heavy (non-hydrogen) atoms. The molecule has 2 heterocycles. The summed E-state index contributed by atoms with van der Waals surface area (Å²) < 4.78 is 30.7. The van der Waals surface area contributed by atoms with E-state index in [-0.39, 0.29) is 6.61 Å². The minimum Gasteiger partial charge on any atom is -0.374 e. The zero-order chi connectivity index (χ0) is 14.5. The van der Waals surface area contributed by atoms with Crippen molar-refractivity contribution in [1.82, 2.24) is 14.5 Å². The van der Waals surface area contributed by atoms with Crippen LogP contribution in [0.4, 0.5) is 8.78 Å². The molecule has 4 nitrogen and oxygen atoms in total. The first-order valence-corrected chi connectivity index (χ1v) is 6.95. The Balaban J connectivity index is 2.17. The third-order valence-corrected chi connectivity index (χ3v) is 3.05. The van der Waals surface area contributed by atoms with Gasteiger partial charge in [0.2, 0.25) is 0 Å². The summed E-state index contributed by atoms with van der Waals surface area (Å²) in [5.74, 6) is 1.15. The molecular weight excluding hydrogens is 311 g/mol. The van der Waals surface area contributed by atoms with Gasteiger partial charge in [-0.3, -0.25) is 0 Å². The van der Waals surface area contributed by atoms with Gasteiger partial charge in [0.15, 0.2) is 5.65 Å². The summed E-state index contributed by atoms with van der Waals surface area (Å²) in [5, 5.41) is 0.494. The van der Waals surface area contributed by atoms with E-state index in [1.165, 1.54) is 6.20 Å². The number of aromatic nitrogens is 3. The van der Waals surface area contributed by atoms with E-state index < -0.39 is 13.0 Å². The first-order valence-electron chi connectivity index (χ1n) is 6.04. The van der Waals surface area contributed by atoms with Gasteiger partial charge in [0.05, 0.1) is 11.6 Å². The predicted molar refractivity (Wildman–Crippen MR) is 73.8 cm³/mol. The minimum absolute atomic E-state index is 0.162. The van der Waals surface area contributed by atoms with Crippen LogP contribution in [-0.4, -0.2) is 40.1 Å². The number of alkyl halides is 3. The number of hydrogen-bond donors (Lipinski definition) is 0. The Kier molecular flexibility index (Phi) is 5.51. The number of imidazole rings is 1. The normalized spacial score (nSPS) is 11.7. The number of ether oxygens (including phenoxy) is 1. The molecule has 0 atom stereocenters. The van der Waals surface area contributed by atoms with Crippen LogP contribution >= 0.6 is 23.2 Å². The lowest BCUT2D eigenvalue weighted by Gasteiger charge is -2.08. The summed E-state index contributed by atoms with van der Waals surface area (Å²) in [6, 6.07) is 1.71. The fourth-order valence-electron chi connectivity index (χ4n) is 1.87. The van der Waals surface area contributed by atoms with Crippen molar-refractivity contribution >= 4 is 34.4 Å². The number of halogens is 4. The maximum Gasteiger partial charge on any atom is 0.261 e. The molecule has 0 spiro atoms. The highest BCUT2D eigenvalue weighted by molar-refractivity contribution is 6.31. The number of pyridine rings is 1. The Labute approximate surface area is 124 Å². The molecular formula is C12H13Cl2F2N3O. The van der Waals surface area contributed by atoms with E-state index in [1.54, 1.807) is 6.07 Å². The molecule has 0 radical (unpaired) electrons. The summed E-state index contributed by atoms with van der Waals surface area (Å²) in [6.07, 6.45) is -0.384. The molecule has 2 rings (SSSR count). The van der Waals surface area contributed by atoms with E-state index in [0.717, 1.165) is 5.82 Å². The van der Waals surface area contributed by atoms with Gasteiger partial charge in [-0.1, -0.05) is 11.6 Å². The van der Waals surface area contributed by atoms with E-state index >= 15 is 0 Å². The van der Waals surface area contributed by atoms with Crippen molar-refractivity contribution in [3.05, 3.63) is 23.1 Å². The number of fused-ring (bicyclic) bond motifs is 1. The quantitative estimate of drug-likeness (QED) is 0.580. The molecule has 0 aliphatic rings. The van der Waals surface area contributed by atoms with Gasteiger partial charge in [-0.15, -0.1) is 11.6 Å². The molecule has 0 amide bonds. The van der Waals surface area contributed by atoms with E-state index in [2.05, 4.69) is 9.97 Å². The van der Waals surface area contributed by atoms with Crippen LogP contribution in [0.25, 0.3) is 11.2 Å². The van der Waals surface area contributed by atoms with Gasteiger partial charge in [0.25, 0.3) is 6.43 Å². The lowest BCUT2D eigenvalue weighted by Crippen LogP contribution is -2.13. The van der Waals surface area contributed by atoms with Crippen molar-refractivity contribution in [3.8, 4) is 0 Å². The van der Waals surface area contributed by atoms with E-state index in [9.17, 15) is 8.78 Å². The van der Waals surface area contributed by atoms with Crippen molar-refractivity contribution in [2.45, 2.75) is 19.4 Å². The Morgan fingerprint density at radius 2 is 2.20 bits per heavy atom. The average molecular weight is 324 g/mol. The lowest BCUT2D eigenvalue weighted by atomic mass is 10.4. The Morgan fingerprint density at radius 3 is 2.90 bits per heavy atom.